The number of halogens is 3. The zero-order valence-electron chi connectivity index (χ0n) is 25.1. The Bertz CT molecular complexity index is 1920. The third-order valence-electron chi connectivity index (χ3n) is 8.71. The first-order valence-electron chi connectivity index (χ1n) is 15.5. The number of aromatic nitrogens is 2. The summed E-state index contributed by atoms with van der Waals surface area (Å²) < 4.78 is 57.4. The van der Waals surface area contributed by atoms with Gasteiger partial charge < -0.3 is 19.1 Å². The van der Waals surface area contributed by atoms with Crippen molar-refractivity contribution in [2.24, 2.45) is 5.92 Å². The molecule has 2 aliphatic heterocycles. The van der Waals surface area contributed by atoms with Gasteiger partial charge in [0.25, 0.3) is 0 Å². The van der Waals surface area contributed by atoms with Gasteiger partial charge in [-0.1, -0.05) is 24.0 Å². The number of carboxylic acid groups (broad SMARTS) is 1. The highest BCUT2D eigenvalue weighted by atomic mass is 19.2. The molecular formula is C36H32F3N3O4. The molecule has 2 fully saturated rings. The second kappa shape index (κ2) is 12.7. The van der Waals surface area contributed by atoms with E-state index in [1.54, 1.807) is 30.3 Å². The van der Waals surface area contributed by atoms with Gasteiger partial charge in [-0.2, -0.15) is 4.39 Å². The number of imidazole rings is 1. The molecule has 1 N–H and O–H groups in total. The number of fused-ring (bicyclic) bond motifs is 1. The van der Waals surface area contributed by atoms with Crippen molar-refractivity contribution >= 4 is 22.6 Å². The van der Waals surface area contributed by atoms with Gasteiger partial charge in [0.15, 0.2) is 11.6 Å². The summed E-state index contributed by atoms with van der Waals surface area (Å²) in [6.45, 7) is 2.76. The van der Waals surface area contributed by atoms with E-state index >= 15 is 0 Å². The summed E-state index contributed by atoms with van der Waals surface area (Å²) in [5.41, 5.74) is 3.84. The Balaban J connectivity index is 1.05. The lowest BCUT2D eigenvalue weighted by Crippen LogP contribution is -2.33. The predicted molar refractivity (Wildman–Crippen MR) is 166 cm³/mol. The van der Waals surface area contributed by atoms with Gasteiger partial charge in [-0.3, -0.25) is 4.90 Å². The molecule has 46 heavy (non-hydrogen) atoms. The fourth-order valence-corrected chi connectivity index (χ4v) is 5.74. The van der Waals surface area contributed by atoms with E-state index in [0.29, 0.717) is 56.3 Å². The summed E-state index contributed by atoms with van der Waals surface area (Å²) in [5, 5.41) is 9.50. The topological polar surface area (TPSA) is 76.8 Å². The zero-order chi connectivity index (χ0) is 31.8. The molecule has 3 aliphatic rings. The monoisotopic (exact) mass is 627 g/mol. The average molecular weight is 628 g/mol. The highest BCUT2D eigenvalue weighted by molar-refractivity contribution is 5.92. The van der Waals surface area contributed by atoms with E-state index in [2.05, 4.69) is 16.7 Å². The average Bonchev–Trinajstić information content (AvgIpc) is 3.80. The van der Waals surface area contributed by atoms with Gasteiger partial charge in [0.1, 0.15) is 18.2 Å². The molecule has 0 spiro atoms. The molecule has 10 heteroatoms. The number of rotatable bonds is 9. The molecule has 1 saturated heterocycles. The van der Waals surface area contributed by atoms with Crippen molar-refractivity contribution in [2.75, 3.05) is 19.7 Å². The van der Waals surface area contributed by atoms with Crippen molar-refractivity contribution in [3.63, 3.8) is 0 Å². The SMILES string of the molecule is O=C(O)c1ccc2nc(CN3CC=C(c4cc(F)c(F)c(OCc5ccc(C#CC6CC6)cc5F)c4)CC3)n(CC3CCO3)c2c1. The molecule has 3 aromatic carbocycles. The molecule has 1 saturated carbocycles. The molecule has 1 unspecified atom stereocenters. The molecule has 1 atom stereocenters. The van der Waals surface area contributed by atoms with Crippen LogP contribution in [-0.4, -0.2) is 51.3 Å². The fourth-order valence-electron chi connectivity index (χ4n) is 5.74. The van der Waals surface area contributed by atoms with Gasteiger partial charge in [0.2, 0.25) is 5.82 Å². The number of aromatic carboxylic acids is 1. The summed E-state index contributed by atoms with van der Waals surface area (Å²) >= 11 is 0. The number of carboxylic acids is 1. The third kappa shape index (κ3) is 6.52. The van der Waals surface area contributed by atoms with Crippen LogP contribution in [-0.2, 0) is 24.4 Å². The van der Waals surface area contributed by atoms with Crippen LogP contribution in [0.4, 0.5) is 13.2 Å². The Morgan fingerprint density at radius 2 is 1.91 bits per heavy atom. The van der Waals surface area contributed by atoms with Crippen molar-refractivity contribution in [1.82, 2.24) is 14.5 Å². The van der Waals surface area contributed by atoms with E-state index in [4.69, 9.17) is 14.5 Å². The maximum Gasteiger partial charge on any atom is 0.335 e. The van der Waals surface area contributed by atoms with E-state index in [9.17, 15) is 23.1 Å². The summed E-state index contributed by atoms with van der Waals surface area (Å²) in [4.78, 5) is 18.6. The Kier molecular flexibility index (Phi) is 8.28. The highest BCUT2D eigenvalue weighted by Crippen LogP contribution is 2.31. The normalized spacial score (nSPS) is 18.1. The maximum absolute atomic E-state index is 14.7. The largest absolute Gasteiger partial charge is 0.486 e. The van der Waals surface area contributed by atoms with E-state index < -0.39 is 23.4 Å². The summed E-state index contributed by atoms with van der Waals surface area (Å²) in [7, 11) is 0. The minimum atomic E-state index is -1.12. The van der Waals surface area contributed by atoms with E-state index in [-0.39, 0.29) is 29.6 Å². The lowest BCUT2D eigenvalue weighted by atomic mass is 9.99. The number of benzene rings is 3. The molecule has 0 bridgehead atoms. The highest BCUT2D eigenvalue weighted by Gasteiger charge is 2.25. The van der Waals surface area contributed by atoms with Crippen LogP contribution in [0.25, 0.3) is 16.6 Å². The van der Waals surface area contributed by atoms with Crippen LogP contribution in [0.2, 0.25) is 0 Å². The fraction of sp³-hybridized carbons (Fsp3) is 0.333. The molecule has 7 rings (SSSR count). The number of hydrogen-bond donors (Lipinski definition) is 1. The van der Waals surface area contributed by atoms with Gasteiger partial charge in [-0.05, 0) is 79.3 Å². The first-order valence-corrected chi connectivity index (χ1v) is 15.5. The van der Waals surface area contributed by atoms with Crippen molar-refractivity contribution in [2.45, 2.75) is 51.5 Å². The Hall–Kier alpha value is -4.59. The minimum absolute atomic E-state index is 0.0596. The zero-order valence-corrected chi connectivity index (χ0v) is 25.1. The van der Waals surface area contributed by atoms with Crippen LogP contribution >= 0.6 is 0 Å². The predicted octanol–water partition coefficient (Wildman–Crippen LogP) is 6.57. The van der Waals surface area contributed by atoms with Crippen LogP contribution in [0.1, 0.15) is 58.6 Å². The minimum Gasteiger partial charge on any atom is -0.486 e. The first-order chi connectivity index (χ1) is 22.3. The van der Waals surface area contributed by atoms with Crippen molar-refractivity contribution in [3.05, 3.63) is 100 Å². The molecular weight excluding hydrogens is 595 g/mol. The van der Waals surface area contributed by atoms with Gasteiger partial charge in [0.05, 0.1) is 35.8 Å². The molecule has 7 nitrogen and oxygen atoms in total. The van der Waals surface area contributed by atoms with Gasteiger partial charge in [-0.25, -0.2) is 18.6 Å². The van der Waals surface area contributed by atoms with Crippen molar-refractivity contribution in [3.8, 4) is 17.6 Å². The molecule has 1 aliphatic carbocycles. The molecule has 4 aromatic rings. The quantitative estimate of drug-likeness (QED) is 0.212. The summed E-state index contributed by atoms with van der Waals surface area (Å²) in [5.74, 6) is 3.35. The van der Waals surface area contributed by atoms with Crippen LogP contribution in [0.15, 0.2) is 54.6 Å². The van der Waals surface area contributed by atoms with Crippen LogP contribution in [0, 0.1) is 35.2 Å². The van der Waals surface area contributed by atoms with Crippen LogP contribution in [0.5, 0.6) is 5.75 Å². The maximum atomic E-state index is 14.7. The molecule has 3 heterocycles. The number of nitrogens with zero attached hydrogens (tertiary/aromatic N) is 3. The van der Waals surface area contributed by atoms with E-state index in [0.717, 1.165) is 47.8 Å². The first kappa shape index (κ1) is 30.1. The Labute approximate surface area is 264 Å². The smallest absolute Gasteiger partial charge is 0.335 e. The lowest BCUT2D eigenvalue weighted by molar-refractivity contribution is -0.0591. The van der Waals surface area contributed by atoms with Gasteiger partial charge >= 0.3 is 5.97 Å². The number of hydrogen-bond acceptors (Lipinski definition) is 5. The summed E-state index contributed by atoms with van der Waals surface area (Å²) in [6, 6.07) is 12.2. The Morgan fingerprint density at radius 3 is 2.61 bits per heavy atom. The second-order valence-corrected chi connectivity index (χ2v) is 12.1. The molecule has 1 aromatic heterocycles. The number of ether oxygens (including phenoxy) is 2. The van der Waals surface area contributed by atoms with Crippen LogP contribution < -0.4 is 4.74 Å². The van der Waals surface area contributed by atoms with Crippen molar-refractivity contribution in [1.29, 1.82) is 0 Å². The number of carbonyl (C=O) groups is 1. The Morgan fingerprint density at radius 1 is 1.07 bits per heavy atom. The lowest BCUT2D eigenvalue weighted by Gasteiger charge is -2.29. The van der Waals surface area contributed by atoms with Gasteiger partial charge in [-0.15, -0.1) is 0 Å². The van der Waals surface area contributed by atoms with Crippen molar-refractivity contribution < 1.29 is 32.5 Å². The van der Waals surface area contributed by atoms with E-state index in [1.165, 1.54) is 12.1 Å². The molecule has 0 radical (unpaired) electrons. The molecule has 236 valence electrons. The third-order valence-corrected chi connectivity index (χ3v) is 8.71. The van der Waals surface area contributed by atoms with E-state index in [1.807, 2.05) is 10.6 Å². The standard InChI is InChI=1S/C36H32F3N3O4/c37-29-15-23(4-3-22-1-2-22)5-6-26(29)21-46-33-18-27(16-30(38)35(33)39)24-9-12-41(13-10-24)20-34-40-31-8-7-25(36(43)44)17-32(31)42(34)19-28-11-14-45-28/h5-9,15-18,22,28H,1-2,10-14,19-21H2,(H,43,44). The molecule has 0 amide bonds. The second-order valence-electron chi connectivity index (χ2n) is 12.1. The summed E-state index contributed by atoms with van der Waals surface area (Å²) in [6.07, 6.45) is 5.71. The van der Waals surface area contributed by atoms with Crippen LogP contribution in [0.3, 0.4) is 0 Å². The van der Waals surface area contributed by atoms with Gasteiger partial charge in [0, 0.05) is 36.7 Å².